The van der Waals surface area contributed by atoms with Gasteiger partial charge in [-0.15, -0.1) is 0 Å². The predicted octanol–water partition coefficient (Wildman–Crippen LogP) is 7.82. The summed E-state index contributed by atoms with van der Waals surface area (Å²) in [5, 5.41) is 12.0. The van der Waals surface area contributed by atoms with Crippen LogP contribution in [0.15, 0.2) is 91.1 Å². The van der Waals surface area contributed by atoms with Crippen LogP contribution in [0.25, 0.3) is 23.1 Å². The maximum atomic E-state index is 10.3. The van der Waals surface area contributed by atoms with Crippen molar-refractivity contribution in [2.45, 2.75) is 38.7 Å². The van der Waals surface area contributed by atoms with Gasteiger partial charge in [0.05, 0.1) is 16.8 Å². The fourth-order valence-corrected chi connectivity index (χ4v) is 3.75. The number of rotatable bonds is 9. The lowest BCUT2D eigenvalue weighted by molar-refractivity contribution is 0.122. The molecule has 0 spiro atoms. The second-order valence-electron chi connectivity index (χ2n) is 8.47. The zero-order valence-corrected chi connectivity index (χ0v) is 19.6. The van der Waals surface area contributed by atoms with Gasteiger partial charge in [0.25, 0.3) is 0 Å². The lowest BCUT2D eigenvalue weighted by Crippen LogP contribution is -2.22. The van der Waals surface area contributed by atoms with Crippen LogP contribution in [0.3, 0.4) is 0 Å². The molecule has 32 heavy (non-hydrogen) atoms. The van der Waals surface area contributed by atoms with Gasteiger partial charge >= 0.3 is 0 Å². The fraction of sp³-hybridized carbons (Fsp3) is 0.207. The van der Waals surface area contributed by atoms with Crippen LogP contribution in [0.4, 0.5) is 0 Å². The van der Waals surface area contributed by atoms with E-state index in [1.54, 1.807) is 19.9 Å². The van der Waals surface area contributed by atoms with Gasteiger partial charge in [0.1, 0.15) is 0 Å². The van der Waals surface area contributed by atoms with Crippen molar-refractivity contribution in [1.29, 1.82) is 0 Å². The van der Waals surface area contributed by atoms with Crippen molar-refractivity contribution >= 4 is 34.7 Å². The second-order valence-corrected chi connectivity index (χ2v) is 8.91. The molecule has 0 saturated heterocycles. The van der Waals surface area contributed by atoms with E-state index in [0.29, 0.717) is 5.02 Å². The van der Waals surface area contributed by atoms with Crippen LogP contribution in [0.1, 0.15) is 43.5 Å². The molecule has 0 saturated carbocycles. The smallest absolute Gasteiger partial charge is 0.0837 e. The van der Waals surface area contributed by atoms with E-state index in [2.05, 4.69) is 54.5 Å². The molecule has 1 heterocycles. The molecule has 3 rings (SSSR count). The molecule has 0 bridgehead atoms. The predicted molar refractivity (Wildman–Crippen MR) is 139 cm³/mol. The average Bonchev–Trinajstić information content (AvgIpc) is 2.76. The Kier molecular flexibility index (Phi) is 7.84. The lowest BCUT2D eigenvalue weighted by atomic mass is 9.89. The van der Waals surface area contributed by atoms with Gasteiger partial charge in [0, 0.05) is 10.4 Å². The minimum absolute atomic E-state index is 0.691. The zero-order chi connectivity index (χ0) is 23.1. The highest BCUT2D eigenvalue weighted by molar-refractivity contribution is 6.31. The number of benzene rings is 2. The van der Waals surface area contributed by atoms with Crippen molar-refractivity contribution in [3.63, 3.8) is 0 Å². The van der Waals surface area contributed by atoms with Crippen molar-refractivity contribution in [2.75, 3.05) is 0 Å². The molecular formula is C29H30ClNO. The molecule has 164 valence electrons. The third-order valence-electron chi connectivity index (χ3n) is 5.43. The first-order chi connectivity index (χ1) is 15.3. The Morgan fingerprint density at radius 2 is 1.88 bits per heavy atom. The van der Waals surface area contributed by atoms with E-state index in [1.807, 2.05) is 36.4 Å². The molecule has 1 aromatic heterocycles. The van der Waals surface area contributed by atoms with E-state index < -0.39 is 5.60 Å². The zero-order valence-electron chi connectivity index (χ0n) is 18.8. The monoisotopic (exact) mass is 443 g/mol. The van der Waals surface area contributed by atoms with Gasteiger partial charge in [0.2, 0.25) is 0 Å². The van der Waals surface area contributed by atoms with Gasteiger partial charge in [0.15, 0.2) is 0 Å². The maximum absolute atomic E-state index is 10.3. The number of fused-ring (bicyclic) bond motifs is 1. The molecule has 0 aliphatic rings. The molecule has 1 N–H and O–H groups in total. The highest BCUT2D eigenvalue weighted by Gasteiger charge is 2.20. The number of aryl methyl sites for hydroxylation is 1. The van der Waals surface area contributed by atoms with Crippen LogP contribution in [0.2, 0.25) is 5.02 Å². The number of aromatic nitrogens is 1. The minimum Gasteiger partial charge on any atom is -0.386 e. The van der Waals surface area contributed by atoms with Gasteiger partial charge < -0.3 is 5.11 Å². The van der Waals surface area contributed by atoms with E-state index in [9.17, 15) is 5.11 Å². The summed E-state index contributed by atoms with van der Waals surface area (Å²) in [4.78, 5) is 4.68. The largest absolute Gasteiger partial charge is 0.386 e. The summed E-state index contributed by atoms with van der Waals surface area (Å²) >= 11 is 6.10. The second kappa shape index (κ2) is 10.6. The number of hydrogen-bond acceptors (Lipinski definition) is 2. The number of halogens is 1. The third kappa shape index (κ3) is 6.53. The quantitative estimate of drug-likeness (QED) is 0.342. The molecule has 3 heteroatoms. The van der Waals surface area contributed by atoms with Crippen molar-refractivity contribution in [3.05, 3.63) is 113 Å². The molecule has 2 aromatic carbocycles. The molecule has 2 nitrogen and oxygen atoms in total. The van der Waals surface area contributed by atoms with Crippen LogP contribution in [0.5, 0.6) is 0 Å². The van der Waals surface area contributed by atoms with Crippen molar-refractivity contribution < 1.29 is 5.11 Å². The summed E-state index contributed by atoms with van der Waals surface area (Å²) in [5.74, 6) is 0. The molecule has 0 unspecified atom stereocenters. The van der Waals surface area contributed by atoms with Crippen molar-refractivity contribution in [3.8, 4) is 0 Å². The number of hydrogen-bond donors (Lipinski definition) is 1. The Labute approximate surface area is 196 Å². The van der Waals surface area contributed by atoms with Gasteiger partial charge in [-0.3, -0.25) is 0 Å². The van der Waals surface area contributed by atoms with Crippen LogP contribution >= 0.6 is 11.6 Å². The summed E-state index contributed by atoms with van der Waals surface area (Å²) in [5.41, 5.74) is 5.07. The fourth-order valence-electron chi connectivity index (χ4n) is 3.59. The molecule has 0 aliphatic carbocycles. The number of pyridine rings is 1. The lowest BCUT2D eigenvalue weighted by Gasteiger charge is -2.23. The summed E-state index contributed by atoms with van der Waals surface area (Å²) in [6, 6.07) is 18.3. The van der Waals surface area contributed by atoms with Crippen molar-refractivity contribution in [2.24, 2.45) is 0 Å². The van der Waals surface area contributed by atoms with E-state index >= 15 is 0 Å². The van der Waals surface area contributed by atoms with Crippen LogP contribution in [0, 0.1) is 0 Å². The number of aliphatic hydroxyl groups is 1. The highest BCUT2D eigenvalue weighted by atomic mass is 35.5. The normalized spacial score (nSPS) is 12.4. The first-order valence-corrected chi connectivity index (χ1v) is 11.2. The van der Waals surface area contributed by atoms with Crippen LogP contribution in [-0.2, 0) is 6.42 Å². The van der Waals surface area contributed by atoms with Gasteiger partial charge in [-0.2, -0.15) is 0 Å². The molecule has 0 radical (unpaired) electrons. The summed E-state index contributed by atoms with van der Waals surface area (Å²) in [6.45, 7) is 11.4. The number of allylic oxidation sites excluding steroid dienone is 2. The van der Waals surface area contributed by atoms with E-state index in [4.69, 9.17) is 11.6 Å². The molecule has 0 fully saturated rings. The average molecular weight is 444 g/mol. The first-order valence-electron chi connectivity index (χ1n) is 10.8. The summed E-state index contributed by atoms with van der Waals surface area (Å²) in [7, 11) is 0. The molecule has 3 aromatic rings. The van der Waals surface area contributed by atoms with Crippen LogP contribution in [-0.4, -0.2) is 15.7 Å². The highest BCUT2D eigenvalue weighted by Crippen LogP contribution is 2.26. The van der Waals surface area contributed by atoms with E-state index in [1.165, 1.54) is 5.56 Å². The Morgan fingerprint density at radius 3 is 2.62 bits per heavy atom. The Morgan fingerprint density at radius 1 is 1.09 bits per heavy atom. The maximum Gasteiger partial charge on any atom is 0.0837 e. The summed E-state index contributed by atoms with van der Waals surface area (Å²) < 4.78 is 0. The molecule has 0 amide bonds. The van der Waals surface area contributed by atoms with Gasteiger partial charge in [-0.05, 0) is 79.7 Å². The summed E-state index contributed by atoms with van der Waals surface area (Å²) in [6.07, 6.45) is 10.6. The molecular weight excluding hydrogens is 414 g/mol. The van der Waals surface area contributed by atoms with E-state index in [0.717, 1.165) is 52.6 Å². The third-order valence-corrected chi connectivity index (χ3v) is 5.67. The molecule has 0 aliphatic heterocycles. The van der Waals surface area contributed by atoms with Crippen LogP contribution < -0.4 is 0 Å². The van der Waals surface area contributed by atoms with Crippen molar-refractivity contribution in [1.82, 2.24) is 4.98 Å². The molecule has 0 atom stereocenters. The van der Waals surface area contributed by atoms with Gasteiger partial charge in [-0.25, -0.2) is 4.98 Å². The Balaban J connectivity index is 1.66. The Hall–Kier alpha value is -2.94. The number of nitrogens with zero attached hydrogens (tertiary/aromatic N) is 1. The van der Waals surface area contributed by atoms with Gasteiger partial charge in [-0.1, -0.05) is 79.4 Å². The topological polar surface area (TPSA) is 33.1 Å². The minimum atomic E-state index is -0.929. The SMILES string of the molecule is C=C/C=C(/CCCc1cccc(/C=C/c2ccc3ccc(Cl)cc3n2)c1)C(=C)C(C)(C)O. The standard InChI is InChI=1S/C29H30ClNO/c1-5-8-24(21(2)29(3,4)32)12-7-11-22-9-6-10-23(19-22)13-17-27-18-15-25-14-16-26(30)20-28(25)31-27/h5-6,8-10,13-20,32H,1-2,7,11-12H2,3-4H3/b17-13+,24-8-. The first kappa shape index (κ1) is 23.7. The Bertz CT molecular complexity index is 1180. The van der Waals surface area contributed by atoms with E-state index in [-0.39, 0.29) is 0 Å².